The number of ether oxygens (including phenoxy) is 2. The Morgan fingerprint density at radius 2 is 0.821 bits per heavy atom. The van der Waals surface area contributed by atoms with Crippen LogP contribution in [0.5, 0.6) is 0 Å². The van der Waals surface area contributed by atoms with Crippen LogP contribution in [-0.4, -0.2) is 95.0 Å². The topological polar surface area (TPSA) is 225 Å². The highest BCUT2D eigenvalue weighted by Gasteiger charge is 2.28. The molecule has 5 N–H and O–H groups in total. The number of aliphatic hydroxyl groups excluding tert-OH is 3. The maximum atomic E-state index is 12.1. The van der Waals surface area contributed by atoms with Crippen molar-refractivity contribution in [3.8, 4) is 0 Å². The van der Waals surface area contributed by atoms with Crippen LogP contribution in [0.4, 0.5) is 0 Å². The molecular weight excluding hydrogens is 770 g/mol. The Kier molecular flexibility index (Phi) is 34.4. The molecule has 15 nitrogen and oxygen atoms in total. The first-order valence-corrected chi connectivity index (χ1v) is 22.7. The fraction of sp³-hybridized carbons (Fsp3) is 0.692. The summed E-state index contributed by atoms with van der Waals surface area (Å²) in [6.07, 6.45) is 29.6. The summed E-state index contributed by atoms with van der Waals surface area (Å²) in [6.45, 7) is 0.128. The van der Waals surface area contributed by atoms with Crippen LogP contribution in [0.3, 0.4) is 0 Å². The fourth-order valence-electron chi connectivity index (χ4n) is 4.53. The summed E-state index contributed by atoms with van der Waals surface area (Å²) in [5.74, 6) is -1.07. The summed E-state index contributed by atoms with van der Waals surface area (Å²) in [6, 6.07) is 0. The van der Waals surface area contributed by atoms with Gasteiger partial charge in [0.2, 0.25) is 0 Å². The molecule has 0 aliphatic heterocycles. The third-order valence-electron chi connectivity index (χ3n) is 7.62. The number of unbranched alkanes of at least 4 members (excludes halogenated alkanes) is 11. The Labute approximate surface area is 333 Å². The molecule has 0 aromatic rings. The Balaban J connectivity index is 4.05. The molecule has 0 aromatic heterocycles. The summed E-state index contributed by atoms with van der Waals surface area (Å²) >= 11 is 0. The second-order valence-corrected chi connectivity index (χ2v) is 16.0. The number of carbonyl (C=O) groups excluding carboxylic acids is 2. The molecule has 17 heteroatoms. The van der Waals surface area contributed by atoms with E-state index in [-0.39, 0.29) is 12.8 Å². The number of aliphatic hydroxyl groups is 3. The molecule has 0 saturated heterocycles. The lowest BCUT2D eigenvalue weighted by atomic mass is 10.1. The van der Waals surface area contributed by atoms with Gasteiger partial charge in [-0.15, -0.1) is 0 Å². The Bertz CT molecular complexity index is 1250. The minimum atomic E-state index is -4.79. The molecule has 0 bridgehead atoms. The van der Waals surface area contributed by atoms with Gasteiger partial charge < -0.3 is 34.6 Å². The van der Waals surface area contributed by atoms with E-state index in [0.717, 1.165) is 25.7 Å². The summed E-state index contributed by atoms with van der Waals surface area (Å²) in [5.41, 5.74) is 0. The van der Waals surface area contributed by atoms with Crippen molar-refractivity contribution in [1.82, 2.24) is 0 Å². The van der Waals surface area contributed by atoms with Gasteiger partial charge in [-0.25, -0.2) is 9.13 Å². The van der Waals surface area contributed by atoms with Crippen molar-refractivity contribution >= 4 is 27.6 Å². The average Bonchev–Trinajstić information content (AvgIpc) is 3.17. The van der Waals surface area contributed by atoms with Gasteiger partial charge in [0.05, 0.1) is 26.4 Å². The molecule has 56 heavy (non-hydrogen) atoms. The van der Waals surface area contributed by atoms with E-state index in [2.05, 4.69) is 38.0 Å². The molecule has 0 saturated carbocycles. The Morgan fingerprint density at radius 1 is 0.482 bits per heavy atom. The molecule has 0 rings (SSSR count). The van der Waals surface area contributed by atoms with Crippen molar-refractivity contribution in [2.75, 3.05) is 39.6 Å². The predicted octanol–water partition coefficient (Wildman–Crippen LogP) is 7.49. The Morgan fingerprint density at radius 3 is 1.23 bits per heavy atom. The van der Waals surface area contributed by atoms with Crippen molar-refractivity contribution in [1.29, 1.82) is 0 Å². The van der Waals surface area contributed by atoms with Crippen LogP contribution in [-0.2, 0) is 46.3 Å². The summed E-state index contributed by atoms with van der Waals surface area (Å²) in [4.78, 5) is 43.4. The highest BCUT2D eigenvalue weighted by molar-refractivity contribution is 7.47. The SMILES string of the molecule is CC/C=C/C=C/C=C\C=C/C=C/CCCC(=O)OCC(O)COP(=O)(O)OCC(O)COP(=O)(O)OCC(O)COC(=O)CCCCCCCCCCCCC. The first-order chi connectivity index (χ1) is 26.8. The molecule has 0 aromatic carbocycles. The summed E-state index contributed by atoms with van der Waals surface area (Å²) in [5, 5.41) is 29.8. The van der Waals surface area contributed by atoms with Crippen LogP contribution < -0.4 is 0 Å². The number of rotatable bonds is 37. The lowest BCUT2D eigenvalue weighted by Gasteiger charge is -2.19. The zero-order valence-corrected chi connectivity index (χ0v) is 35.1. The number of allylic oxidation sites excluding steroid dienone is 10. The standard InChI is InChI=1S/C39H68O15P2/c1-3-5-7-9-11-13-15-16-18-20-22-24-26-28-39(44)50-30-36(41)32-52-56(47,48)54-34-37(42)33-53-55(45,46)51-31-35(40)29-49-38(43)27-25-23-21-19-17-14-12-10-8-6-4-2/h5,7,9,11,13,15-16,18,20,22,35-37,40-42H,3-4,6,8,10,12,14,17,19,21,23-34H2,1-2H3,(H,45,46)(H,47,48)/b7-5+,11-9+,15-13-,18-16-,22-20+. The van der Waals surface area contributed by atoms with Gasteiger partial charge in [0.15, 0.2) is 0 Å². The molecule has 0 radical (unpaired) electrons. The normalized spacial score (nSPS) is 16.2. The first kappa shape index (κ1) is 53.7. The highest BCUT2D eigenvalue weighted by atomic mass is 31.2. The number of carbonyl (C=O) groups is 2. The molecule has 324 valence electrons. The van der Waals surface area contributed by atoms with Gasteiger partial charge in [-0.05, 0) is 25.7 Å². The van der Waals surface area contributed by atoms with E-state index in [1.165, 1.54) is 44.9 Å². The van der Waals surface area contributed by atoms with E-state index in [4.69, 9.17) is 9.47 Å². The van der Waals surface area contributed by atoms with Crippen molar-refractivity contribution in [2.45, 2.75) is 135 Å². The third-order valence-corrected chi connectivity index (χ3v) is 9.52. The zero-order chi connectivity index (χ0) is 41.8. The van der Waals surface area contributed by atoms with E-state index >= 15 is 0 Å². The molecule has 5 atom stereocenters. The molecule has 0 fully saturated rings. The Hall–Kier alpha value is -2.26. The molecule has 5 unspecified atom stereocenters. The number of hydrogen-bond acceptors (Lipinski definition) is 13. The van der Waals surface area contributed by atoms with Crippen LogP contribution in [0.25, 0.3) is 0 Å². The maximum absolute atomic E-state index is 12.1. The van der Waals surface area contributed by atoms with Crippen molar-refractivity contribution in [3.05, 3.63) is 60.8 Å². The third kappa shape index (κ3) is 37.3. The van der Waals surface area contributed by atoms with Gasteiger partial charge in [0, 0.05) is 12.8 Å². The molecule has 0 aliphatic rings. The van der Waals surface area contributed by atoms with Gasteiger partial charge in [-0.2, -0.15) is 0 Å². The number of phosphoric ester groups is 2. The molecule has 0 spiro atoms. The zero-order valence-electron chi connectivity index (χ0n) is 33.3. The fourth-order valence-corrected chi connectivity index (χ4v) is 6.13. The highest BCUT2D eigenvalue weighted by Crippen LogP contribution is 2.45. The minimum Gasteiger partial charge on any atom is -0.463 e. The largest absolute Gasteiger partial charge is 0.472 e. The lowest BCUT2D eigenvalue weighted by molar-refractivity contribution is -0.148. The second-order valence-electron chi connectivity index (χ2n) is 13.0. The maximum Gasteiger partial charge on any atom is 0.472 e. The van der Waals surface area contributed by atoms with E-state index in [9.17, 15) is 43.8 Å². The van der Waals surface area contributed by atoms with Gasteiger partial charge in [0.1, 0.15) is 31.5 Å². The molecule has 0 heterocycles. The van der Waals surface area contributed by atoms with Gasteiger partial charge in [0.25, 0.3) is 0 Å². The van der Waals surface area contributed by atoms with Crippen LogP contribution in [0.2, 0.25) is 0 Å². The first-order valence-electron chi connectivity index (χ1n) is 19.7. The van der Waals surface area contributed by atoms with Crippen molar-refractivity contribution < 1.29 is 71.4 Å². The van der Waals surface area contributed by atoms with E-state index in [1.54, 1.807) is 0 Å². The molecule has 0 amide bonds. The number of esters is 2. The minimum absolute atomic E-state index is 0.0977. The molecule has 0 aliphatic carbocycles. The van der Waals surface area contributed by atoms with Crippen LogP contribution in [0, 0.1) is 0 Å². The number of phosphoric acid groups is 2. The van der Waals surface area contributed by atoms with E-state index in [1.807, 2.05) is 54.7 Å². The van der Waals surface area contributed by atoms with Crippen LogP contribution in [0.1, 0.15) is 117 Å². The predicted molar refractivity (Wildman–Crippen MR) is 214 cm³/mol. The van der Waals surface area contributed by atoms with Crippen molar-refractivity contribution in [3.63, 3.8) is 0 Å². The van der Waals surface area contributed by atoms with Gasteiger partial charge in [-0.1, -0.05) is 139 Å². The van der Waals surface area contributed by atoms with Gasteiger partial charge >= 0.3 is 27.6 Å². The quantitative estimate of drug-likeness (QED) is 0.0177. The smallest absolute Gasteiger partial charge is 0.463 e. The van der Waals surface area contributed by atoms with Gasteiger partial charge in [-0.3, -0.25) is 27.7 Å². The lowest BCUT2D eigenvalue weighted by Crippen LogP contribution is -2.25. The number of hydrogen-bond donors (Lipinski definition) is 5. The molecular formula is C39H68O15P2. The van der Waals surface area contributed by atoms with Crippen LogP contribution >= 0.6 is 15.6 Å². The van der Waals surface area contributed by atoms with Crippen molar-refractivity contribution in [2.24, 2.45) is 0 Å². The summed E-state index contributed by atoms with van der Waals surface area (Å²) < 4.78 is 52.6. The summed E-state index contributed by atoms with van der Waals surface area (Å²) in [7, 11) is -9.58. The average molecular weight is 839 g/mol. The van der Waals surface area contributed by atoms with Crippen LogP contribution in [0.15, 0.2) is 60.8 Å². The second kappa shape index (κ2) is 35.9. The van der Waals surface area contributed by atoms with E-state index < -0.39 is 85.5 Å². The monoisotopic (exact) mass is 838 g/mol. The van der Waals surface area contributed by atoms with E-state index in [0.29, 0.717) is 19.3 Å².